The largest absolute Gasteiger partial charge is 0.478 e. The van der Waals surface area contributed by atoms with E-state index >= 15 is 0 Å². The maximum atomic E-state index is 14.2. The fourth-order valence-corrected chi connectivity index (χ4v) is 3.14. The molecule has 5 heteroatoms. The average molecular weight is 264 g/mol. The molecule has 1 unspecified atom stereocenters. The Labute approximate surface area is 111 Å². The number of fused-ring (bicyclic) bond motifs is 1. The molecule has 19 heavy (non-hydrogen) atoms. The number of anilines is 1. The van der Waals surface area contributed by atoms with Crippen LogP contribution in [0.3, 0.4) is 0 Å². The first-order valence-corrected chi connectivity index (χ1v) is 6.67. The Morgan fingerprint density at radius 1 is 1.32 bits per heavy atom. The van der Waals surface area contributed by atoms with Crippen molar-refractivity contribution in [3.63, 3.8) is 0 Å². The first kappa shape index (κ1) is 12.4. The van der Waals surface area contributed by atoms with E-state index in [0.717, 1.165) is 32.6 Å². The molecule has 0 spiro atoms. The molecule has 2 fully saturated rings. The van der Waals surface area contributed by atoms with Crippen LogP contribution in [0.5, 0.6) is 0 Å². The van der Waals surface area contributed by atoms with Crippen molar-refractivity contribution in [2.24, 2.45) is 0 Å². The molecule has 0 amide bonds. The van der Waals surface area contributed by atoms with Gasteiger partial charge in [0.25, 0.3) is 0 Å². The maximum Gasteiger partial charge on any atom is 0.338 e. The van der Waals surface area contributed by atoms with Crippen LogP contribution in [0, 0.1) is 5.82 Å². The zero-order valence-corrected chi connectivity index (χ0v) is 10.7. The summed E-state index contributed by atoms with van der Waals surface area (Å²) >= 11 is 0. The Morgan fingerprint density at radius 3 is 2.95 bits per heavy atom. The summed E-state index contributed by atoms with van der Waals surface area (Å²) in [6, 6.07) is 5.09. The maximum absolute atomic E-state index is 14.2. The third-order valence-corrected chi connectivity index (χ3v) is 4.14. The predicted octanol–water partition coefficient (Wildman–Crippen LogP) is 1.81. The summed E-state index contributed by atoms with van der Waals surface area (Å²) in [5.74, 6) is -1.82. The van der Waals surface area contributed by atoms with Gasteiger partial charge in [0.2, 0.25) is 0 Å². The molecule has 1 atom stereocenters. The highest BCUT2D eigenvalue weighted by Crippen LogP contribution is 2.28. The highest BCUT2D eigenvalue weighted by atomic mass is 19.1. The number of piperazine rings is 1. The van der Waals surface area contributed by atoms with E-state index in [4.69, 9.17) is 5.11 Å². The van der Waals surface area contributed by atoms with Gasteiger partial charge in [0.1, 0.15) is 0 Å². The monoisotopic (exact) mass is 264 g/mol. The van der Waals surface area contributed by atoms with Crippen molar-refractivity contribution in [3.05, 3.63) is 29.6 Å². The van der Waals surface area contributed by atoms with E-state index in [2.05, 4.69) is 4.90 Å². The zero-order chi connectivity index (χ0) is 13.4. The van der Waals surface area contributed by atoms with E-state index in [-0.39, 0.29) is 5.56 Å². The Hall–Kier alpha value is -1.62. The van der Waals surface area contributed by atoms with E-state index in [0.29, 0.717) is 11.7 Å². The first-order valence-electron chi connectivity index (χ1n) is 6.67. The number of carboxylic acids is 1. The molecule has 0 radical (unpaired) electrons. The van der Waals surface area contributed by atoms with E-state index in [9.17, 15) is 9.18 Å². The lowest BCUT2D eigenvalue weighted by atomic mass is 10.1. The van der Waals surface area contributed by atoms with Crippen LogP contribution in [0.2, 0.25) is 0 Å². The third kappa shape index (κ3) is 2.18. The van der Waals surface area contributed by atoms with Crippen LogP contribution in [-0.2, 0) is 0 Å². The minimum Gasteiger partial charge on any atom is -0.478 e. The third-order valence-electron chi connectivity index (χ3n) is 4.14. The van der Waals surface area contributed by atoms with Gasteiger partial charge in [-0.25, -0.2) is 9.18 Å². The fourth-order valence-electron chi connectivity index (χ4n) is 3.14. The molecule has 1 aromatic carbocycles. The lowest BCUT2D eigenvalue weighted by Gasteiger charge is -2.39. The van der Waals surface area contributed by atoms with Crippen LogP contribution in [0.15, 0.2) is 18.2 Å². The molecule has 2 heterocycles. The number of carboxylic acid groups (broad SMARTS) is 1. The van der Waals surface area contributed by atoms with Crippen LogP contribution < -0.4 is 4.90 Å². The second-order valence-corrected chi connectivity index (χ2v) is 5.22. The molecule has 4 nitrogen and oxygen atoms in total. The zero-order valence-electron chi connectivity index (χ0n) is 10.7. The van der Waals surface area contributed by atoms with Gasteiger partial charge >= 0.3 is 5.97 Å². The van der Waals surface area contributed by atoms with Crippen molar-refractivity contribution >= 4 is 11.7 Å². The van der Waals surface area contributed by atoms with Crippen molar-refractivity contribution < 1.29 is 14.3 Å². The highest BCUT2D eigenvalue weighted by Gasteiger charge is 2.31. The second-order valence-electron chi connectivity index (χ2n) is 5.22. The molecule has 2 saturated heterocycles. The Bertz CT molecular complexity index is 506. The molecule has 0 bridgehead atoms. The number of aromatic carboxylic acids is 1. The van der Waals surface area contributed by atoms with Gasteiger partial charge in [0, 0.05) is 25.7 Å². The predicted molar refractivity (Wildman–Crippen MR) is 70.2 cm³/mol. The van der Waals surface area contributed by atoms with Gasteiger partial charge in [-0.1, -0.05) is 6.07 Å². The summed E-state index contributed by atoms with van der Waals surface area (Å²) in [7, 11) is 0. The highest BCUT2D eigenvalue weighted by molar-refractivity contribution is 5.89. The van der Waals surface area contributed by atoms with E-state index < -0.39 is 11.8 Å². The van der Waals surface area contributed by atoms with Crippen molar-refractivity contribution in [2.45, 2.75) is 18.9 Å². The van der Waals surface area contributed by atoms with Crippen LogP contribution in [-0.4, -0.2) is 48.2 Å². The normalized spacial score (nSPS) is 23.4. The van der Waals surface area contributed by atoms with Gasteiger partial charge in [0.05, 0.1) is 11.3 Å². The molecular weight excluding hydrogens is 247 g/mol. The van der Waals surface area contributed by atoms with Crippen LogP contribution in [0.4, 0.5) is 10.1 Å². The Kier molecular flexibility index (Phi) is 3.14. The minimum atomic E-state index is -1.21. The fraction of sp³-hybridized carbons (Fsp3) is 0.500. The van der Waals surface area contributed by atoms with Gasteiger partial charge in [0.15, 0.2) is 5.82 Å². The minimum absolute atomic E-state index is 0.244. The lowest BCUT2D eigenvalue weighted by Crippen LogP contribution is -2.50. The number of carbonyl (C=O) groups is 1. The van der Waals surface area contributed by atoms with Gasteiger partial charge in [-0.05, 0) is 31.5 Å². The van der Waals surface area contributed by atoms with Crippen LogP contribution in [0.25, 0.3) is 0 Å². The molecule has 1 aromatic rings. The summed E-state index contributed by atoms with van der Waals surface area (Å²) in [6.07, 6.45) is 2.35. The summed E-state index contributed by atoms with van der Waals surface area (Å²) in [5, 5.41) is 8.97. The van der Waals surface area contributed by atoms with Crippen molar-refractivity contribution in [3.8, 4) is 0 Å². The van der Waals surface area contributed by atoms with Gasteiger partial charge in [-0.15, -0.1) is 0 Å². The molecule has 3 rings (SSSR count). The van der Waals surface area contributed by atoms with Gasteiger partial charge in [-0.2, -0.15) is 0 Å². The molecule has 0 aromatic heterocycles. The van der Waals surface area contributed by atoms with Crippen LogP contribution in [0.1, 0.15) is 23.2 Å². The van der Waals surface area contributed by atoms with E-state index in [1.54, 1.807) is 12.1 Å². The topological polar surface area (TPSA) is 43.8 Å². The van der Waals surface area contributed by atoms with Crippen molar-refractivity contribution in [1.29, 1.82) is 0 Å². The standard InChI is InChI=1S/C14H17FN2O2/c15-13-11(14(18)19)4-1-5-12(13)17-8-7-16-6-2-3-10(16)9-17/h1,4-5,10H,2-3,6-9H2,(H,18,19). The number of nitrogens with zero attached hydrogens (tertiary/aromatic N) is 2. The molecule has 102 valence electrons. The van der Waals surface area contributed by atoms with Crippen LogP contribution >= 0.6 is 0 Å². The van der Waals surface area contributed by atoms with E-state index in [1.807, 2.05) is 4.90 Å². The molecule has 0 aliphatic carbocycles. The summed E-state index contributed by atoms with van der Waals surface area (Å²) in [5.41, 5.74) is 0.179. The number of halogens is 1. The Morgan fingerprint density at radius 2 is 2.16 bits per heavy atom. The molecule has 2 aliphatic heterocycles. The lowest BCUT2D eigenvalue weighted by molar-refractivity contribution is 0.0692. The average Bonchev–Trinajstić information content (AvgIpc) is 2.85. The number of hydrogen-bond donors (Lipinski definition) is 1. The quantitative estimate of drug-likeness (QED) is 0.884. The van der Waals surface area contributed by atoms with Crippen molar-refractivity contribution in [2.75, 3.05) is 31.1 Å². The molecule has 2 aliphatic rings. The molecule has 0 saturated carbocycles. The summed E-state index contributed by atoms with van der Waals surface area (Å²) in [6.45, 7) is 3.62. The van der Waals surface area contributed by atoms with Crippen molar-refractivity contribution in [1.82, 2.24) is 4.90 Å². The number of hydrogen-bond acceptors (Lipinski definition) is 3. The number of rotatable bonds is 2. The molecule has 1 N–H and O–H groups in total. The van der Waals surface area contributed by atoms with Gasteiger partial charge < -0.3 is 10.0 Å². The SMILES string of the molecule is O=C(O)c1cccc(N2CCN3CCCC3C2)c1F. The summed E-state index contributed by atoms with van der Waals surface area (Å²) < 4.78 is 14.2. The van der Waals surface area contributed by atoms with E-state index in [1.165, 1.54) is 12.5 Å². The Balaban J connectivity index is 1.86. The summed E-state index contributed by atoms with van der Waals surface area (Å²) in [4.78, 5) is 15.4. The molecular formula is C14H17FN2O2. The second kappa shape index (κ2) is 4.81. The number of benzene rings is 1. The first-order chi connectivity index (χ1) is 9.16. The smallest absolute Gasteiger partial charge is 0.338 e. The van der Waals surface area contributed by atoms with Gasteiger partial charge in [-0.3, -0.25) is 4.90 Å².